The molecule has 18 aromatic carbocycles. The Balaban J connectivity index is 0.000000117. The van der Waals surface area contributed by atoms with Crippen molar-refractivity contribution in [2.75, 3.05) is 33.7 Å². The van der Waals surface area contributed by atoms with Gasteiger partial charge in [-0.05, 0) is 255 Å². The molecule has 0 unspecified atom stereocenters. The summed E-state index contributed by atoms with van der Waals surface area (Å²) in [5.41, 5.74) is 23.2. The maximum absolute atomic E-state index is 12.8. The van der Waals surface area contributed by atoms with E-state index < -0.39 is 6.04 Å². The molecule has 0 spiro atoms. The molecular weight excluding hydrogens is 1540 g/mol. The zero-order valence-electron chi connectivity index (χ0n) is 71.4. The summed E-state index contributed by atoms with van der Waals surface area (Å²) in [5.74, 6) is 0.240. The van der Waals surface area contributed by atoms with Gasteiger partial charge >= 0.3 is 0 Å². The molecule has 0 atom stereocenters. The van der Waals surface area contributed by atoms with Crippen LogP contribution in [0.2, 0.25) is 0 Å². The van der Waals surface area contributed by atoms with Gasteiger partial charge in [-0.2, -0.15) is 0 Å². The number of fused-ring (bicyclic) bond motifs is 9. The van der Waals surface area contributed by atoms with E-state index in [9.17, 15) is 8.78 Å². The van der Waals surface area contributed by atoms with E-state index >= 15 is 0 Å². The highest BCUT2D eigenvalue weighted by molar-refractivity contribution is 7.26. The molecule has 0 aliphatic carbocycles. The van der Waals surface area contributed by atoms with Gasteiger partial charge in [-0.15, -0.1) is 22.7 Å². The van der Waals surface area contributed by atoms with E-state index in [1.165, 1.54) is 109 Å². The lowest BCUT2D eigenvalue weighted by atomic mass is 9.86. The zero-order valence-corrected chi connectivity index (χ0v) is 68.0. The van der Waals surface area contributed by atoms with Crippen LogP contribution in [0.25, 0.3) is 124 Å². The smallest absolute Gasteiger partial charge is 0.135 e. The first kappa shape index (κ1) is 73.0. The largest absolute Gasteiger partial charge is 0.497 e. The fraction of sp³-hybridized carbons (Fsp3) is 0.00901. The average molecular weight is 1630 g/mol. The molecule has 0 saturated carbocycles. The predicted molar refractivity (Wildman–Crippen MR) is 518 cm³/mol. The number of methoxy groups -OCH3 is 1. The number of rotatable bonds is 17. The summed E-state index contributed by atoms with van der Waals surface area (Å²) in [5, 5.41) is 23.8. The quantitative estimate of drug-likeness (QED) is 0.0621. The van der Waals surface area contributed by atoms with Crippen LogP contribution in [-0.2, 0) is 0 Å². The van der Waals surface area contributed by atoms with Gasteiger partial charge in [-0.25, -0.2) is 8.78 Å². The predicted octanol–water partition coefficient (Wildman–Crippen LogP) is 33.1. The van der Waals surface area contributed by atoms with Crippen LogP contribution < -0.4 is 31.3 Å². The zero-order chi connectivity index (χ0) is 87.1. The summed E-state index contributed by atoms with van der Waals surface area (Å²) in [4.78, 5) is 0. The minimum Gasteiger partial charge on any atom is -0.497 e. The summed E-state index contributed by atoms with van der Waals surface area (Å²) < 4.78 is 81.3. The summed E-state index contributed by atoms with van der Waals surface area (Å²) in [6, 6.07) is 134. The SMILES string of the molecule is C=Cc1cccc(Nc2ccccc2)c1.COc1cccc(Nc2ccc(-c3ccc4oc5ccccc5c4c3)cc2)c1.Fc1ccc(Nc2cccc(F)c2)cc1.[2H]c1c([2H])c([2H])c(Nc2ccc(-c3ccc4sc5ccccc5c4c3)cc2)c([2H])c1[2H].c1ccc(Nc2cc(-c3ccccc3)c(-c3ccc4sc5ccccc5c4c3)c(-c3ccccc3)c2)cc1. The minimum atomic E-state index is -0.396. The van der Waals surface area contributed by atoms with Crippen LogP contribution in [0.4, 0.5) is 65.7 Å². The van der Waals surface area contributed by atoms with Gasteiger partial charge in [-0.3, -0.25) is 0 Å². The average Bonchev–Trinajstić information content (AvgIpc) is 1.74. The number of hydrogen-bond acceptors (Lipinski definition) is 9. The Bertz CT molecular complexity index is 7360. The third-order valence-electron chi connectivity index (χ3n) is 20.5. The Morgan fingerprint density at radius 1 is 0.287 bits per heavy atom. The van der Waals surface area contributed by atoms with E-state index in [0.717, 1.165) is 84.2 Å². The number of thiophene rings is 2. The maximum atomic E-state index is 12.8. The molecule has 0 bridgehead atoms. The third kappa shape index (κ3) is 19.4. The summed E-state index contributed by atoms with van der Waals surface area (Å²) in [6.07, 6.45) is 1.84. The van der Waals surface area contributed by atoms with Crippen molar-refractivity contribution in [3.63, 3.8) is 0 Å². The van der Waals surface area contributed by atoms with Gasteiger partial charge in [0.05, 0.1) is 14.0 Å². The summed E-state index contributed by atoms with van der Waals surface area (Å²) in [6.45, 7) is 3.75. The van der Waals surface area contributed by atoms with E-state index in [-0.39, 0.29) is 41.5 Å². The maximum Gasteiger partial charge on any atom is 0.135 e. The molecule has 3 aromatic heterocycles. The van der Waals surface area contributed by atoms with Crippen molar-refractivity contribution in [1.82, 2.24) is 0 Å². The number of halogens is 2. The fourth-order valence-corrected chi connectivity index (χ4v) is 16.8. The molecule has 0 radical (unpaired) electrons. The van der Waals surface area contributed by atoms with E-state index in [1.807, 2.05) is 145 Å². The van der Waals surface area contributed by atoms with Crippen molar-refractivity contribution in [3.05, 3.63) is 460 Å². The first-order valence-electron chi connectivity index (χ1n) is 42.3. The van der Waals surface area contributed by atoms with E-state index in [1.54, 1.807) is 42.7 Å². The summed E-state index contributed by atoms with van der Waals surface area (Å²) >= 11 is 3.65. The third-order valence-corrected chi connectivity index (χ3v) is 22.8. The number of furan rings is 1. The Morgan fingerprint density at radius 2 is 0.689 bits per heavy atom. The monoisotopic (exact) mass is 1620 g/mol. The van der Waals surface area contributed by atoms with Crippen LogP contribution in [0.1, 0.15) is 12.4 Å². The molecule has 0 aliphatic rings. The number of nitrogens with one attached hydrogen (secondary N) is 5. The molecule has 0 aliphatic heterocycles. The minimum absolute atomic E-state index is 0.0740. The van der Waals surface area contributed by atoms with Crippen LogP contribution in [0, 0.1) is 11.6 Å². The highest BCUT2D eigenvalue weighted by atomic mass is 32.1. The molecule has 3 heterocycles. The second-order valence-electron chi connectivity index (χ2n) is 28.7. The van der Waals surface area contributed by atoms with Gasteiger partial charge in [0, 0.05) is 114 Å². The van der Waals surface area contributed by atoms with Crippen molar-refractivity contribution in [1.29, 1.82) is 0 Å². The van der Waals surface area contributed by atoms with E-state index in [0.29, 0.717) is 11.4 Å². The van der Waals surface area contributed by atoms with Gasteiger partial charge < -0.3 is 35.7 Å². The highest BCUT2D eigenvalue weighted by Crippen LogP contribution is 2.46. The second-order valence-corrected chi connectivity index (χ2v) is 30.9. The van der Waals surface area contributed by atoms with E-state index in [4.69, 9.17) is 16.0 Å². The molecular formula is C111H83F2N5O2S2. The lowest BCUT2D eigenvalue weighted by Gasteiger charge is -2.20. The molecule has 5 N–H and O–H groups in total. The van der Waals surface area contributed by atoms with Gasteiger partial charge in [0.15, 0.2) is 0 Å². The Hall–Kier alpha value is -15.4. The molecule has 122 heavy (non-hydrogen) atoms. The van der Waals surface area contributed by atoms with Gasteiger partial charge in [0.1, 0.15) is 28.5 Å². The second kappa shape index (κ2) is 37.9. The number of ether oxygens (including phenoxy) is 1. The van der Waals surface area contributed by atoms with Crippen molar-refractivity contribution in [3.8, 4) is 61.4 Å². The molecule has 11 heteroatoms. The standard InChI is InChI=1S/C36H25NS.C25H19NO2.C24H17NS.C14H13N.C12H9F2N/c1-4-12-25(13-5-1)31-23-29(37-28-16-8-3-9-17-28)24-32(26-14-6-2-7-15-26)36(31)27-20-21-35-33(22-27)30-18-10-11-19-34(30)38-35;1-27-21-6-4-5-20(16-21)26-19-12-9-17(10-13-19)18-11-14-25-23(15-18)22-7-2-3-8-24(22)28-25;1-2-6-19(7-3-1)25-20-13-10-17(11-14-20)18-12-15-24-22(16-18)21-8-4-5-9-23(21)26-24;1-2-12-7-6-10-14(11-12)15-13-8-4-3-5-9-13;13-9-4-6-11(7-5-9)15-12-3-1-2-10(14)8-12/h1-24,37H;2-16,26H,1H3;1-16,25H;2-11,15H,1H2;1-8,15H/i;;1D,2D,3D,6D,7D;;. The Labute approximate surface area is 723 Å². The van der Waals surface area contributed by atoms with Gasteiger partial charge in [0.25, 0.3) is 0 Å². The van der Waals surface area contributed by atoms with Crippen LogP contribution in [0.15, 0.2) is 448 Å². The molecule has 7 nitrogen and oxygen atoms in total. The normalized spacial score (nSPS) is 11.4. The van der Waals surface area contributed by atoms with Crippen LogP contribution >= 0.6 is 22.7 Å². The summed E-state index contributed by atoms with van der Waals surface area (Å²) in [7, 11) is 1.67. The fourth-order valence-electron chi connectivity index (χ4n) is 14.6. The van der Waals surface area contributed by atoms with Crippen molar-refractivity contribution in [2.24, 2.45) is 0 Å². The van der Waals surface area contributed by atoms with E-state index in [2.05, 4.69) is 264 Å². The van der Waals surface area contributed by atoms with Crippen molar-refractivity contribution >= 4 is 148 Å². The number of para-hydroxylation sites is 4. The van der Waals surface area contributed by atoms with Gasteiger partial charge in [0.2, 0.25) is 0 Å². The number of benzene rings is 18. The Kier molecular flexibility index (Phi) is 22.7. The topological polar surface area (TPSA) is 82.5 Å². The molecule has 21 aromatic rings. The van der Waals surface area contributed by atoms with Crippen LogP contribution in [0.3, 0.4) is 0 Å². The first-order valence-corrected chi connectivity index (χ1v) is 41.5. The molecule has 0 amide bonds. The number of anilines is 10. The molecule has 21 rings (SSSR count). The molecule has 0 fully saturated rings. The first-order chi connectivity index (χ1) is 62.2. The van der Waals surface area contributed by atoms with Gasteiger partial charge in [-0.1, -0.05) is 249 Å². The lowest BCUT2D eigenvalue weighted by molar-refractivity contribution is 0.415. The lowest BCUT2D eigenvalue weighted by Crippen LogP contribution is -1.96. The van der Waals surface area contributed by atoms with Crippen LogP contribution in [-0.4, -0.2) is 7.11 Å². The van der Waals surface area contributed by atoms with Crippen LogP contribution in [0.5, 0.6) is 5.75 Å². The Morgan fingerprint density at radius 3 is 1.24 bits per heavy atom. The number of hydrogen-bond donors (Lipinski definition) is 5. The molecule has 590 valence electrons. The molecule has 0 saturated heterocycles. The van der Waals surface area contributed by atoms with Crippen molar-refractivity contribution in [2.45, 2.75) is 0 Å². The highest BCUT2D eigenvalue weighted by Gasteiger charge is 2.19. The van der Waals surface area contributed by atoms with Crippen molar-refractivity contribution < 1.29 is 24.8 Å².